The van der Waals surface area contributed by atoms with Crippen LogP contribution in [0.2, 0.25) is 0 Å². The van der Waals surface area contributed by atoms with Crippen LogP contribution in [0.25, 0.3) is 0 Å². The van der Waals surface area contributed by atoms with Crippen molar-refractivity contribution in [1.29, 1.82) is 0 Å². The van der Waals surface area contributed by atoms with Crippen LogP contribution in [-0.2, 0) is 9.53 Å². The van der Waals surface area contributed by atoms with Crippen molar-refractivity contribution in [2.45, 2.75) is 65.9 Å². The van der Waals surface area contributed by atoms with Gasteiger partial charge in [-0.2, -0.15) is 0 Å². The van der Waals surface area contributed by atoms with Gasteiger partial charge in [0.15, 0.2) is 0 Å². The van der Waals surface area contributed by atoms with Crippen LogP contribution in [0.4, 0.5) is 4.79 Å². The summed E-state index contributed by atoms with van der Waals surface area (Å²) >= 11 is 0. The standard InChI is InChI=1S/C18H32N2O3/c1-14(2)7-11-19-12-18(9-6-16(19)21)8-5-10-20(13-18)17(22)23-15(3)4/h14-15H,5-13H2,1-4H3/t18-/m1/s1. The molecule has 2 amide bonds. The maximum Gasteiger partial charge on any atom is 0.410 e. The Morgan fingerprint density at radius 1 is 1.22 bits per heavy atom. The smallest absolute Gasteiger partial charge is 0.410 e. The molecule has 0 aromatic heterocycles. The molecule has 0 N–H and O–H groups in total. The van der Waals surface area contributed by atoms with Gasteiger partial charge in [-0.05, 0) is 45.4 Å². The van der Waals surface area contributed by atoms with Crippen molar-refractivity contribution in [3.63, 3.8) is 0 Å². The first-order chi connectivity index (χ1) is 10.8. The van der Waals surface area contributed by atoms with E-state index in [9.17, 15) is 9.59 Å². The van der Waals surface area contributed by atoms with Gasteiger partial charge in [-0.25, -0.2) is 4.79 Å². The molecule has 0 aromatic rings. The maximum absolute atomic E-state index is 12.2. The van der Waals surface area contributed by atoms with E-state index in [-0.39, 0.29) is 23.5 Å². The zero-order valence-electron chi connectivity index (χ0n) is 15.1. The second kappa shape index (κ2) is 7.54. The molecule has 2 saturated heterocycles. The largest absolute Gasteiger partial charge is 0.447 e. The van der Waals surface area contributed by atoms with Gasteiger partial charge in [0.05, 0.1) is 6.10 Å². The van der Waals surface area contributed by atoms with Gasteiger partial charge in [-0.1, -0.05) is 13.8 Å². The molecule has 132 valence electrons. The van der Waals surface area contributed by atoms with Crippen molar-refractivity contribution in [3.8, 4) is 0 Å². The number of nitrogens with zero attached hydrogens (tertiary/aromatic N) is 2. The molecule has 2 aliphatic heterocycles. The van der Waals surface area contributed by atoms with Gasteiger partial charge in [-0.3, -0.25) is 4.79 Å². The van der Waals surface area contributed by atoms with Crippen LogP contribution in [0.1, 0.15) is 59.8 Å². The number of carbonyl (C=O) groups excluding carboxylic acids is 2. The molecule has 2 aliphatic rings. The van der Waals surface area contributed by atoms with Crippen LogP contribution in [0.5, 0.6) is 0 Å². The van der Waals surface area contributed by atoms with Crippen molar-refractivity contribution >= 4 is 12.0 Å². The minimum atomic E-state index is -0.204. The van der Waals surface area contributed by atoms with E-state index >= 15 is 0 Å². The first-order valence-corrected chi connectivity index (χ1v) is 9.05. The third-order valence-corrected chi connectivity index (χ3v) is 4.98. The summed E-state index contributed by atoms with van der Waals surface area (Å²) in [6.07, 6.45) is 4.37. The van der Waals surface area contributed by atoms with Crippen LogP contribution >= 0.6 is 0 Å². The third kappa shape index (κ3) is 4.85. The lowest BCUT2D eigenvalue weighted by Crippen LogP contribution is -2.55. The quantitative estimate of drug-likeness (QED) is 0.797. The molecular weight excluding hydrogens is 292 g/mol. The van der Waals surface area contributed by atoms with E-state index in [4.69, 9.17) is 4.74 Å². The summed E-state index contributed by atoms with van der Waals surface area (Å²) in [5.74, 6) is 0.878. The molecule has 2 heterocycles. The summed E-state index contributed by atoms with van der Waals surface area (Å²) < 4.78 is 5.36. The number of rotatable bonds is 4. The average molecular weight is 324 g/mol. The SMILES string of the molecule is CC(C)CCN1C[C@@]2(CCCN(C(=O)OC(C)C)C2)CCC1=O. The fraction of sp³-hybridized carbons (Fsp3) is 0.889. The van der Waals surface area contributed by atoms with Gasteiger partial charge in [0.25, 0.3) is 0 Å². The van der Waals surface area contributed by atoms with Gasteiger partial charge < -0.3 is 14.5 Å². The number of piperidine rings is 2. The average Bonchev–Trinajstić information content (AvgIpc) is 2.48. The molecule has 0 unspecified atom stereocenters. The summed E-state index contributed by atoms with van der Waals surface area (Å²) in [4.78, 5) is 28.3. The van der Waals surface area contributed by atoms with Crippen molar-refractivity contribution < 1.29 is 14.3 Å². The predicted octanol–water partition coefficient (Wildman–Crippen LogP) is 3.28. The van der Waals surface area contributed by atoms with E-state index in [1.807, 2.05) is 23.6 Å². The van der Waals surface area contributed by atoms with Crippen molar-refractivity contribution in [1.82, 2.24) is 9.80 Å². The monoisotopic (exact) mass is 324 g/mol. The highest BCUT2D eigenvalue weighted by Crippen LogP contribution is 2.39. The van der Waals surface area contributed by atoms with Gasteiger partial charge in [0.1, 0.15) is 0 Å². The van der Waals surface area contributed by atoms with E-state index in [0.29, 0.717) is 12.3 Å². The Morgan fingerprint density at radius 3 is 2.61 bits per heavy atom. The Balaban J connectivity index is 1.99. The molecule has 0 aliphatic carbocycles. The van der Waals surface area contributed by atoms with Gasteiger partial charge >= 0.3 is 6.09 Å². The highest BCUT2D eigenvalue weighted by Gasteiger charge is 2.43. The number of amides is 2. The summed E-state index contributed by atoms with van der Waals surface area (Å²) in [6, 6.07) is 0. The predicted molar refractivity (Wildman–Crippen MR) is 90.1 cm³/mol. The van der Waals surface area contributed by atoms with Crippen molar-refractivity contribution in [2.24, 2.45) is 11.3 Å². The Bertz CT molecular complexity index is 430. The minimum absolute atomic E-state index is 0.0686. The molecule has 5 nitrogen and oxygen atoms in total. The summed E-state index contributed by atoms with van der Waals surface area (Å²) in [5, 5.41) is 0. The minimum Gasteiger partial charge on any atom is -0.447 e. The lowest BCUT2D eigenvalue weighted by atomic mass is 9.73. The molecular formula is C18H32N2O3. The van der Waals surface area contributed by atoms with Crippen molar-refractivity contribution in [3.05, 3.63) is 0 Å². The lowest BCUT2D eigenvalue weighted by Gasteiger charge is -2.48. The van der Waals surface area contributed by atoms with E-state index in [1.54, 1.807) is 0 Å². The second-order valence-electron chi connectivity index (χ2n) is 7.96. The Kier molecular flexibility index (Phi) is 5.93. The van der Waals surface area contributed by atoms with Crippen LogP contribution in [-0.4, -0.2) is 54.1 Å². The summed E-state index contributed by atoms with van der Waals surface area (Å²) in [5.41, 5.74) is 0.0686. The normalized spacial score (nSPS) is 25.6. The number of hydrogen-bond acceptors (Lipinski definition) is 3. The highest BCUT2D eigenvalue weighted by atomic mass is 16.6. The molecule has 0 aromatic carbocycles. The maximum atomic E-state index is 12.2. The molecule has 2 fully saturated rings. The summed E-state index contributed by atoms with van der Waals surface area (Å²) in [6.45, 7) is 11.3. The van der Waals surface area contributed by atoms with Crippen LogP contribution < -0.4 is 0 Å². The molecule has 0 radical (unpaired) electrons. The lowest BCUT2D eigenvalue weighted by molar-refractivity contribution is -0.139. The fourth-order valence-corrected chi connectivity index (χ4v) is 3.69. The zero-order chi connectivity index (χ0) is 17.0. The van der Waals surface area contributed by atoms with Crippen LogP contribution in [0.3, 0.4) is 0 Å². The van der Waals surface area contributed by atoms with Gasteiger partial charge in [0.2, 0.25) is 5.91 Å². The zero-order valence-corrected chi connectivity index (χ0v) is 15.1. The molecule has 1 spiro atoms. The first-order valence-electron chi connectivity index (χ1n) is 9.05. The Hall–Kier alpha value is -1.26. The van der Waals surface area contributed by atoms with Crippen LogP contribution in [0, 0.1) is 11.3 Å². The Labute approximate surface area is 140 Å². The number of carbonyl (C=O) groups is 2. The topological polar surface area (TPSA) is 49.9 Å². The molecule has 0 bridgehead atoms. The van der Waals surface area contributed by atoms with E-state index < -0.39 is 0 Å². The van der Waals surface area contributed by atoms with Crippen LogP contribution in [0.15, 0.2) is 0 Å². The van der Waals surface area contributed by atoms with Crippen molar-refractivity contribution in [2.75, 3.05) is 26.2 Å². The molecule has 2 rings (SSSR count). The summed E-state index contributed by atoms with van der Waals surface area (Å²) in [7, 11) is 0. The van der Waals surface area contributed by atoms with E-state index in [1.165, 1.54) is 0 Å². The Morgan fingerprint density at radius 2 is 1.96 bits per heavy atom. The highest BCUT2D eigenvalue weighted by molar-refractivity contribution is 5.77. The number of ether oxygens (including phenoxy) is 1. The molecule has 1 atom stereocenters. The fourth-order valence-electron chi connectivity index (χ4n) is 3.69. The second-order valence-corrected chi connectivity index (χ2v) is 7.96. The van der Waals surface area contributed by atoms with Gasteiger partial charge in [-0.15, -0.1) is 0 Å². The molecule has 5 heteroatoms. The number of likely N-dealkylation sites (tertiary alicyclic amines) is 2. The first kappa shape index (κ1) is 18.1. The third-order valence-electron chi connectivity index (χ3n) is 4.98. The van der Waals surface area contributed by atoms with E-state index in [2.05, 4.69) is 13.8 Å². The number of hydrogen-bond donors (Lipinski definition) is 0. The van der Waals surface area contributed by atoms with E-state index in [0.717, 1.165) is 51.9 Å². The van der Waals surface area contributed by atoms with Gasteiger partial charge in [0, 0.05) is 38.0 Å². The molecule has 0 saturated carbocycles. The molecule has 23 heavy (non-hydrogen) atoms.